The predicted octanol–water partition coefficient (Wildman–Crippen LogP) is 5.76. The second-order valence-electron chi connectivity index (χ2n) is 9.25. The van der Waals surface area contributed by atoms with Crippen LogP contribution >= 0.6 is 0 Å². The summed E-state index contributed by atoms with van der Waals surface area (Å²) < 4.78 is 0. The number of fused-ring (bicyclic) bond motifs is 5. The number of hydrogen-bond donors (Lipinski definition) is 1. The van der Waals surface area contributed by atoms with Gasteiger partial charge < -0.3 is 5.11 Å². The Hall–Kier alpha value is -1.64. The number of Topliss-reactive ketones (excluding diaryl/α,β-unsaturated/α-hetero) is 1. The third-order valence-corrected chi connectivity index (χ3v) is 7.86. The van der Waals surface area contributed by atoms with Gasteiger partial charge in [0.05, 0.1) is 5.56 Å². The van der Waals surface area contributed by atoms with Crippen LogP contribution < -0.4 is 0 Å². The van der Waals surface area contributed by atoms with E-state index in [0.29, 0.717) is 29.1 Å². The molecule has 0 aromatic heterocycles. The fourth-order valence-corrected chi connectivity index (χ4v) is 6.67. The van der Waals surface area contributed by atoms with Crippen molar-refractivity contribution in [1.29, 1.82) is 0 Å². The van der Waals surface area contributed by atoms with E-state index in [0.717, 1.165) is 38.5 Å². The Labute approximate surface area is 162 Å². The lowest BCUT2D eigenvalue weighted by molar-refractivity contribution is -0.123. The lowest BCUT2D eigenvalue weighted by atomic mass is 9.54. The molecule has 1 N–H and O–H groups in total. The lowest BCUT2D eigenvalue weighted by Gasteiger charge is -2.50. The third-order valence-electron chi connectivity index (χ3n) is 7.86. The molecule has 0 heterocycles. The summed E-state index contributed by atoms with van der Waals surface area (Å²) in [5.41, 5.74) is 3.33. The first-order valence-electron chi connectivity index (χ1n) is 10.9. The van der Waals surface area contributed by atoms with Gasteiger partial charge in [0.1, 0.15) is 5.78 Å². The molecule has 3 aliphatic carbocycles. The highest BCUT2D eigenvalue weighted by atomic mass is 16.4. The summed E-state index contributed by atoms with van der Waals surface area (Å²) in [6.45, 7) is 2.16. The Morgan fingerprint density at radius 3 is 2.81 bits per heavy atom. The van der Waals surface area contributed by atoms with Crippen LogP contribution in [0.3, 0.4) is 0 Å². The van der Waals surface area contributed by atoms with E-state index in [4.69, 9.17) is 0 Å². The number of rotatable bonds is 6. The highest BCUT2D eigenvalue weighted by molar-refractivity contribution is 5.88. The Morgan fingerprint density at radius 1 is 1.19 bits per heavy atom. The number of carboxylic acids is 1. The second-order valence-corrected chi connectivity index (χ2v) is 9.25. The average molecular weight is 369 g/mol. The summed E-state index contributed by atoms with van der Waals surface area (Å²) >= 11 is 0. The van der Waals surface area contributed by atoms with Gasteiger partial charge in [-0.1, -0.05) is 25.8 Å². The number of carbonyl (C=O) groups is 2. The Bertz CT molecular complexity index is 737. The van der Waals surface area contributed by atoms with E-state index < -0.39 is 5.97 Å². The van der Waals surface area contributed by atoms with Crippen LogP contribution in [-0.2, 0) is 11.2 Å². The van der Waals surface area contributed by atoms with Crippen molar-refractivity contribution < 1.29 is 14.7 Å². The van der Waals surface area contributed by atoms with Crippen molar-refractivity contribution in [2.75, 3.05) is 0 Å². The molecule has 0 unspecified atom stereocenters. The third kappa shape index (κ3) is 3.34. The molecule has 0 bridgehead atoms. The fourth-order valence-electron chi connectivity index (χ4n) is 6.67. The zero-order valence-corrected chi connectivity index (χ0v) is 16.5. The molecular formula is C24H32O3. The van der Waals surface area contributed by atoms with Crippen LogP contribution in [0.2, 0.25) is 0 Å². The quantitative estimate of drug-likeness (QED) is 0.694. The van der Waals surface area contributed by atoms with Crippen LogP contribution in [0, 0.1) is 17.3 Å². The minimum Gasteiger partial charge on any atom is -0.478 e. The number of benzene rings is 1. The SMILES string of the molecule is CCCCC(=O)C[C@@]12CCC[C@H]1[C@@H]1CCc3cc(C(=O)O)ccc3[C@H]1CC2. The molecule has 27 heavy (non-hydrogen) atoms. The molecule has 0 saturated heterocycles. The van der Waals surface area contributed by atoms with E-state index in [1.165, 1.54) is 43.2 Å². The molecule has 0 radical (unpaired) electrons. The summed E-state index contributed by atoms with van der Waals surface area (Å²) in [6, 6.07) is 5.77. The normalized spacial score (nSPS) is 31.7. The Balaban J connectivity index is 1.56. The summed E-state index contributed by atoms with van der Waals surface area (Å²) in [7, 11) is 0. The highest BCUT2D eigenvalue weighted by Crippen LogP contribution is 2.62. The maximum atomic E-state index is 12.6. The minimum atomic E-state index is -0.830. The van der Waals surface area contributed by atoms with Crippen molar-refractivity contribution in [3.05, 3.63) is 34.9 Å². The van der Waals surface area contributed by atoms with Crippen molar-refractivity contribution in [1.82, 2.24) is 0 Å². The van der Waals surface area contributed by atoms with Gasteiger partial charge in [0.2, 0.25) is 0 Å². The number of aromatic carboxylic acids is 1. The summed E-state index contributed by atoms with van der Waals surface area (Å²) in [4.78, 5) is 23.9. The molecule has 0 spiro atoms. The molecular weight excluding hydrogens is 336 g/mol. The lowest BCUT2D eigenvalue weighted by Crippen LogP contribution is -2.42. The predicted molar refractivity (Wildman–Crippen MR) is 106 cm³/mol. The summed E-state index contributed by atoms with van der Waals surface area (Å²) in [6.07, 6.45) is 12.0. The van der Waals surface area contributed by atoms with Gasteiger partial charge in [-0.15, -0.1) is 0 Å². The van der Waals surface area contributed by atoms with Gasteiger partial charge in [-0.2, -0.15) is 0 Å². The van der Waals surface area contributed by atoms with Gasteiger partial charge in [0.25, 0.3) is 0 Å². The first kappa shape index (κ1) is 18.7. The van der Waals surface area contributed by atoms with Crippen molar-refractivity contribution in [3.8, 4) is 0 Å². The standard InChI is InChI=1S/C24H32O3/c1-2-3-5-18(25)15-24-12-4-6-22(24)21-10-7-16-14-17(23(26)27)8-9-19(16)20(21)11-13-24/h8-9,14,20-22H,2-7,10-13,15H2,1H3,(H,26,27)/t20-,21-,22+,24+/m1/s1. The van der Waals surface area contributed by atoms with E-state index in [9.17, 15) is 14.7 Å². The van der Waals surface area contributed by atoms with E-state index in [1.807, 2.05) is 6.07 Å². The van der Waals surface area contributed by atoms with E-state index in [2.05, 4.69) is 13.0 Å². The average Bonchev–Trinajstić information content (AvgIpc) is 3.09. The highest BCUT2D eigenvalue weighted by Gasteiger charge is 2.53. The molecule has 1 aromatic carbocycles. The number of unbranched alkanes of at least 4 members (excludes halogenated alkanes) is 1. The van der Waals surface area contributed by atoms with Gasteiger partial charge >= 0.3 is 5.97 Å². The van der Waals surface area contributed by atoms with Crippen molar-refractivity contribution in [2.45, 2.75) is 83.5 Å². The van der Waals surface area contributed by atoms with Crippen LogP contribution in [0.15, 0.2) is 18.2 Å². The van der Waals surface area contributed by atoms with Gasteiger partial charge in [-0.3, -0.25) is 4.79 Å². The van der Waals surface area contributed by atoms with Gasteiger partial charge in [0.15, 0.2) is 0 Å². The molecule has 146 valence electrons. The molecule has 0 amide bonds. The van der Waals surface area contributed by atoms with E-state index in [1.54, 1.807) is 6.07 Å². The van der Waals surface area contributed by atoms with Crippen LogP contribution in [0.25, 0.3) is 0 Å². The monoisotopic (exact) mass is 368 g/mol. The van der Waals surface area contributed by atoms with Crippen LogP contribution in [-0.4, -0.2) is 16.9 Å². The van der Waals surface area contributed by atoms with Crippen molar-refractivity contribution in [2.24, 2.45) is 17.3 Å². The molecule has 0 aliphatic heterocycles. The summed E-state index contributed by atoms with van der Waals surface area (Å²) in [5, 5.41) is 9.29. The van der Waals surface area contributed by atoms with Gasteiger partial charge in [-0.05, 0) is 91.4 Å². The number of ketones is 1. The first-order chi connectivity index (χ1) is 13.0. The first-order valence-corrected chi connectivity index (χ1v) is 10.9. The molecule has 3 nitrogen and oxygen atoms in total. The smallest absolute Gasteiger partial charge is 0.335 e. The molecule has 4 rings (SSSR count). The number of hydrogen-bond acceptors (Lipinski definition) is 2. The summed E-state index contributed by atoms with van der Waals surface area (Å²) in [5.74, 6) is 1.60. The number of carboxylic acid groups (broad SMARTS) is 1. The molecule has 3 aliphatic rings. The van der Waals surface area contributed by atoms with Crippen LogP contribution in [0.5, 0.6) is 0 Å². The van der Waals surface area contributed by atoms with Crippen molar-refractivity contribution in [3.63, 3.8) is 0 Å². The maximum absolute atomic E-state index is 12.6. The zero-order chi connectivity index (χ0) is 19.0. The molecule has 4 atom stereocenters. The zero-order valence-electron chi connectivity index (χ0n) is 16.5. The van der Waals surface area contributed by atoms with E-state index >= 15 is 0 Å². The van der Waals surface area contributed by atoms with Crippen LogP contribution in [0.1, 0.15) is 98.5 Å². The second kappa shape index (κ2) is 7.41. The minimum absolute atomic E-state index is 0.268. The largest absolute Gasteiger partial charge is 0.478 e. The van der Waals surface area contributed by atoms with E-state index in [-0.39, 0.29) is 5.41 Å². The number of aryl methyl sites for hydroxylation is 1. The molecule has 3 heteroatoms. The van der Waals surface area contributed by atoms with Gasteiger partial charge in [-0.25, -0.2) is 4.79 Å². The van der Waals surface area contributed by atoms with Crippen molar-refractivity contribution >= 4 is 11.8 Å². The topological polar surface area (TPSA) is 54.4 Å². The molecule has 1 aromatic rings. The van der Waals surface area contributed by atoms with Gasteiger partial charge in [0, 0.05) is 12.8 Å². The molecule has 2 saturated carbocycles. The Morgan fingerprint density at radius 2 is 2.04 bits per heavy atom. The van der Waals surface area contributed by atoms with Crippen LogP contribution in [0.4, 0.5) is 0 Å². The maximum Gasteiger partial charge on any atom is 0.335 e. The number of carbonyl (C=O) groups excluding carboxylic acids is 1. The Kier molecular flexibility index (Phi) is 5.13. The fraction of sp³-hybridized carbons (Fsp3) is 0.667. The molecule has 2 fully saturated rings.